The molecule has 0 aromatic carbocycles. The van der Waals surface area contributed by atoms with Crippen LogP contribution in [0.3, 0.4) is 0 Å². The minimum atomic E-state index is 0.132. The third-order valence-electron chi connectivity index (χ3n) is 3.60. The van der Waals surface area contributed by atoms with E-state index in [1.807, 2.05) is 6.92 Å². The zero-order valence-electron chi connectivity index (χ0n) is 10.5. The largest absolute Gasteiger partial charge is 0.312 e. The number of nitrogens with one attached hydrogen (secondary N) is 1. The lowest BCUT2D eigenvalue weighted by Crippen LogP contribution is -2.43. The van der Waals surface area contributed by atoms with E-state index < -0.39 is 0 Å². The lowest BCUT2D eigenvalue weighted by atomic mass is 9.70. The van der Waals surface area contributed by atoms with Gasteiger partial charge in [0.25, 0.3) is 0 Å². The Morgan fingerprint density at radius 2 is 2.20 bits per heavy atom. The van der Waals surface area contributed by atoms with Gasteiger partial charge >= 0.3 is 0 Å². The number of hydrogen-bond acceptors (Lipinski definition) is 2. The molecule has 0 aromatic rings. The number of nitrogens with zero attached hydrogens (tertiary/aromatic N) is 1. The Bertz CT molecular complexity index is 239. The van der Waals surface area contributed by atoms with Crippen molar-refractivity contribution in [1.82, 2.24) is 5.32 Å². The molecule has 1 saturated carbocycles. The van der Waals surface area contributed by atoms with Gasteiger partial charge < -0.3 is 5.32 Å². The molecule has 0 aliphatic heterocycles. The van der Waals surface area contributed by atoms with E-state index in [0.717, 1.165) is 12.5 Å². The summed E-state index contributed by atoms with van der Waals surface area (Å²) in [6, 6.07) is 2.89. The predicted octanol–water partition coefficient (Wildman–Crippen LogP) is 2.95. The second-order valence-electron chi connectivity index (χ2n) is 5.93. The van der Waals surface area contributed by atoms with Crippen molar-refractivity contribution in [3.63, 3.8) is 0 Å². The minimum Gasteiger partial charge on any atom is -0.312 e. The lowest BCUT2D eigenvalue weighted by molar-refractivity contribution is 0.148. The van der Waals surface area contributed by atoms with Crippen molar-refractivity contribution in [1.29, 1.82) is 5.26 Å². The minimum absolute atomic E-state index is 0.132. The van der Waals surface area contributed by atoms with E-state index in [0.29, 0.717) is 11.5 Å². The van der Waals surface area contributed by atoms with Crippen molar-refractivity contribution in [2.45, 2.75) is 53.0 Å². The van der Waals surface area contributed by atoms with Crippen LogP contribution in [-0.4, -0.2) is 12.6 Å². The SMILES string of the molecule is CC(C#N)CNC1CCC(C)(C)CC1C. The van der Waals surface area contributed by atoms with Crippen LogP contribution in [-0.2, 0) is 0 Å². The van der Waals surface area contributed by atoms with Crippen LogP contribution in [0.5, 0.6) is 0 Å². The predicted molar refractivity (Wildman–Crippen MR) is 63.4 cm³/mol. The van der Waals surface area contributed by atoms with E-state index >= 15 is 0 Å². The molecule has 0 bridgehead atoms. The summed E-state index contributed by atoms with van der Waals surface area (Å²) in [5.41, 5.74) is 0.512. The molecule has 1 aliphatic rings. The molecule has 15 heavy (non-hydrogen) atoms. The average Bonchev–Trinajstić information content (AvgIpc) is 2.15. The number of rotatable bonds is 3. The van der Waals surface area contributed by atoms with Crippen LogP contribution < -0.4 is 5.32 Å². The molecule has 1 fully saturated rings. The Kier molecular flexibility index (Phi) is 4.16. The van der Waals surface area contributed by atoms with Gasteiger partial charge in [-0.15, -0.1) is 0 Å². The monoisotopic (exact) mass is 208 g/mol. The normalized spacial score (nSPS) is 31.9. The van der Waals surface area contributed by atoms with Crippen molar-refractivity contribution in [2.24, 2.45) is 17.3 Å². The van der Waals surface area contributed by atoms with E-state index in [1.165, 1.54) is 19.3 Å². The highest BCUT2D eigenvalue weighted by molar-refractivity contribution is 4.88. The molecule has 3 atom stereocenters. The zero-order chi connectivity index (χ0) is 11.5. The van der Waals surface area contributed by atoms with Crippen LogP contribution >= 0.6 is 0 Å². The van der Waals surface area contributed by atoms with Gasteiger partial charge in [0, 0.05) is 12.6 Å². The van der Waals surface area contributed by atoms with Gasteiger partial charge in [0.15, 0.2) is 0 Å². The summed E-state index contributed by atoms with van der Waals surface area (Å²) in [6.45, 7) is 9.86. The molecule has 2 heteroatoms. The van der Waals surface area contributed by atoms with Gasteiger partial charge in [-0.05, 0) is 37.5 Å². The van der Waals surface area contributed by atoms with Gasteiger partial charge in [0.2, 0.25) is 0 Å². The molecule has 1 rings (SSSR count). The third kappa shape index (κ3) is 3.83. The standard InChI is InChI=1S/C13H24N2/c1-10(8-14)9-15-12-5-6-13(3,4)7-11(12)2/h10-12,15H,5-7,9H2,1-4H3. The van der Waals surface area contributed by atoms with Crippen LogP contribution in [0, 0.1) is 28.6 Å². The second-order valence-corrected chi connectivity index (χ2v) is 5.93. The zero-order valence-corrected chi connectivity index (χ0v) is 10.5. The molecule has 0 heterocycles. The molecule has 2 nitrogen and oxygen atoms in total. The maximum absolute atomic E-state index is 8.72. The molecule has 1 N–H and O–H groups in total. The average molecular weight is 208 g/mol. The highest BCUT2D eigenvalue weighted by Gasteiger charge is 2.31. The topological polar surface area (TPSA) is 35.8 Å². The first-order valence-electron chi connectivity index (χ1n) is 6.07. The summed E-state index contributed by atoms with van der Waals surface area (Å²) in [4.78, 5) is 0. The molecular formula is C13H24N2. The van der Waals surface area contributed by atoms with Gasteiger partial charge in [-0.1, -0.05) is 20.8 Å². The molecular weight excluding hydrogens is 184 g/mol. The van der Waals surface area contributed by atoms with E-state index in [2.05, 4.69) is 32.2 Å². The Morgan fingerprint density at radius 3 is 2.73 bits per heavy atom. The fraction of sp³-hybridized carbons (Fsp3) is 0.923. The van der Waals surface area contributed by atoms with Crippen LogP contribution in [0.25, 0.3) is 0 Å². The van der Waals surface area contributed by atoms with Crippen molar-refractivity contribution in [2.75, 3.05) is 6.54 Å². The molecule has 86 valence electrons. The van der Waals surface area contributed by atoms with Crippen LogP contribution in [0.4, 0.5) is 0 Å². The van der Waals surface area contributed by atoms with Gasteiger partial charge in [-0.3, -0.25) is 0 Å². The van der Waals surface area contributed by atoms with Crippen LogP contribution in [0.15, 0.2) is 0 Å². The Morgan fingerprint density at radius 1 is 1.53 bits per heavy atom. The fourth-order valence-corrected chi connectivity index (χ4v) is 2.62. The first-order valence-corrected chi connectivity index (χ1v) is 6.07. The quantitative estimate of drug-likeness (QED) is 0.774. The molecule has 1 aliphatic carbocycles. The molecule has 0 aromatic heterocycles. The summed E-state index contributed by atoms with van der Waals surface area (Å²) < 4.78 is 0. The smallest absolute Gasteiger partial charge is 0.0666 e. The summed E-state index contributed by atoms with van der Waals surface area (Å²) in [5.74, 6) is 0.867. The van der Waals surface area contributed by atoms with Gasteiger partial charge in [0.05, 0.1) is 12.0 Å². The molecule has 0 amide bonds. The molecule has 3 unspecified atom stereocenters. The van der Waals surface area contributed by atoms with Gasteiger partial charge in [-0.25, -0.2) is 0 Å². The second kappa shape index (κ2) is 4.99. The number of hydrogen-bond donors (Lipinski definition) is 1. The fourth-order valence-electron chi connectivity index (χ4n) is 2.62. The first-order chi connectivity index (χ1) is 6.94. The van der Waals surface area contributed by atoms with Crippen molar-refractivity contribution in [3.8, 4) is 6.07 Å². The molecule has 0 spiro atoms. The van der Waals surface area contributed by atoms with Crippen molar-refractivity contribution in [3.05, 3.63) is 0 Å². The number of nitriles is 1. The third-order valence-corrected chi connectivity index (χ3v) is 3.60. The Hall–Kier alpha value is -0.550. The Balaban J connectivity index is 2.36. The summed E-state index contributed by atoms with van der Waals surface area (Å²) in [6.07, 6.45) is 3.86. The summed E-state index contributed by atoms with van der Waals surface area (Å²) in [7, 11) is 0. The van der Waals surface area contributed by atoms with Crippen molar-refractivity contribution < 1.29 is 0 Å². The first kappa shape index (κ1) is 12.5. The van der Waals surface area contributed by atoms with E-state index in [1.54, 1.807) is 0 Å². The maximum Gasteiger partial charge on any atom is 0.0666 e. The highest BCUT2D eigenvalue weighted by atomic mass is 14.9. The van der Waals surface area contributed by atoms with Crippen LogP contribution in [0.2, 0.25) is 0 Å². The maximum atomic E-state index is 8.72. The summed E-state index contributed by atoms with van der Waals surface area (Å²) in [5, 5.41) is 12.3. The van der Waals surface area contributed by atoms with Crippen molar-refractivity contribution >= 4 is 0 Å². The molecule has 0 radical (unpaired) electrons. The molecule has 0 saturated heterocycles. The van der Waals surface area contributed by atoms with E-state index in [4.69, 9.17) is 5.26 Å². The summed E-state index contributed by atoms with van der Waals surface area (Å²) >= 11 is 0. The Labute approximate surface area is 94.1 Å². The van der Waals surface area contributed by atoms with Gasteiger partial charge in [-0.2, -0.15) is 5.26 Å². The van der Waals surface area contributed by atoms with Gasteiger partial charge in [0.1, 0.15) is 0 Å². The van der Waals surface area contributed by atoms with Crippen LogP contribution in [0.1, 0.15) is 47.0 Å². The highest BCUT2D eigenvalue weighted by Crippen LogP contribution is 2.38. The van der Waals surface area contributed by atoms with E-state index in [9.17, 15) is 0 Å². The van der Waals surface area contributed by atoms with E-state index in [-0.39, 0.29) is 5.92 Å². The lowest BCUT2D eigenvalue weighted by Gasteiger charge is -2.39.